The number of nitrogens with one attached hydrogen (secondary N) is 1. The third kappa shape index (κ3) is 2.37. The number of imidazole rings is 1. The minimum atomic E-state index is 0.373. The molecule has 0 amide bonds. The molecule has 0 fully saturated rings. The van der Waals surface area contributed by atoms with Gasteiger partial charge in [0.2, 0.25) is 0 Å². The van der Waals surface area contributed by atoms with Gasteiger partial charge in [-0.05, 0) is 5.41 Å². The fourth-order valence-electron chi connectivity index (χ4n) is 0.973. The van der Waals surface area contributed by atoms with Crippen LogP contribution in [0, 0.1) is 5.41 Å². The van der Waals surface area contributed by atoms with Gasteiger partial charge in [0.1, 0.15) is 5.82 Å². The summed E-state index contributed by atoms with van der Waals surface area (Å²) in [4.78, 5) is 7.31. The molecule has 0 radical (unpaired) electrons. The van der Waals surface area contributed by atoms with Crippen molar-refractivity contribution in [3.8, 4) is 0 Å². The molecule has 2 heteroatoms. The van der Waals surface area contributed by atoms with Crippen molar-refractivity contribution >= 4 is 0 Å². The smallest absolute Gasteiger partial charge is 0.106 e. The summed E-state index contributed by atoms with van der Waals surface area (Å²) in [6.07, 6.45) is 5.91. The molecule has 62 valence electrons. The van der Waals surface area contributed by atoms with Gasteiger partial charge in [-0.25, -0.2) is 4.98 Å². The van der Waals surface area contributed by atoms with Crippen LogP contribution in [0.25, 0.3) is 0 Å². The van der Waals surface area contributed by atoms with Crippen LogP contribution < -0.4 is 0 Å². The Bertz CT molecular complexity index is 199. The van der Waals surface area contributed by atoms with Gasteiger partial charge in [0.15, 0.2) is 0 Å². The van der Waals surface area contributed by atoms with Crippen LogP contribution >= 0.6 is 0 Å². The molecule has 0 atom stereocenters. The quantitative estimate of drug-likeness (QED) is 0.707. The third-order valence-corrected chi connectivity index (χ3v) is 2.16. The van der Waals surface area contributed by atoms with Gasteiger partial charge in [-0.1, -0.05) is 27.2 Å². The number of aromatic nitrogens is 2. The molecule has 1 rings (SSSR count). The van der Waals surface area contributed by atoms with Crippen LogP contribution in [0.5, 0.6) is 0 Å². The van der Waals surface area contributed by atoms with E-state index in [4.69, 9.17) is 0 Å². The highest BCUT2D eigenvalue weighted by Gasteiger charge is 2.16. The summed E-state index contributed by atoms with van der Waals surface area (Å²) in [6, 6.07) is 0. The van der Waals surface area contributed by atoms with Gasteiger partial charge < -0.3 is 4.98 Å². The van der Waals surface area contributed by atoms with Gasteiger partial charge in [0, 0.05) is 18.8 Å². The van der Waals surface area contributed by atoms with Crippen molar-refractivity contribution < 1.29 is 0 Å². The van der Waals surface area contributed by atoms with E-state index >= 15 is 0 Å². The van der Waals surface area contributed by atoms with E-state index in [1.807, 2.05) is 6.20 Å². The molecule has 2 nitrogen and oxygen atoms in total. The molecule has 1 N–H and O–H groups in total. The van der Waals surface area contributed by atoms with Gasteiger partial charge >= 0.3 is 0 Å². The number of H-pyrrole nitrogens is 1. The van der Waals surface area contributed by atoms with Gasteiger partial charge in [-0.15, -0.1) is 0 Å². The zero-order valence-corrected chi connectivity index (χ0v) is 7.52. The number of hydrogen-bond donors (Lipinski definition) is 1. The Hall–Kier alpha value is -0.790. The summed E-state index contributed by atoms with van der Waals surface area (Å²) >= 11 is 0. The van der Waals surface area contributed by atoms with Crippen molar-refractivity contribution in [2.24, 2.45) is 5.41 Å². The predicted octanol–water partition coefficient (Wildman–Crippen LogP) is 2.39. The first kappa shape index (κ1) is 8.31. The summed E-state index contributed by atoms with van der Waals surface area (Å²) in [5, 5.41) is 0. The largest absolute Gasteiger partial charge is 0.349 e. The van der Waals surface area contributed by atoms with E-state index in [1.54, 1.807) is 6.20 Å². The van der Waals surface area contributed by atoms with Crippen LogP contribution in [0.4, 0.5) is 0 Å². The fraction of sp³-hybridized carbons (Fsp3) is 0.667. The van der Waals surface area contributed by atoms with E-state index in [0.29, 0.717) is 5.41 Å². The van der Waals surface area contributed by atoms with Crippen LogP contribution in [0.15, 0.2) is 12.4 Å². The van der Waals surface area contributed by atoms with Crippen molar-refractivity contribution in [1.29, 1.82) is 0 Å². The summed E-state index contributed by atoms with van der Waals surface area (Å²) in [6.45, 7) is 6.73. The molecule has 0 saturated carbocycles. The predicted molar refractivity (Wildman–Crippen MR) is 46.4 cm³/mol. The first-order chi connectivity index (χ1) is 5.14. The van der Waals surface area contributed by atoms with Crippen LogP contribution in [0.2, 0.25) is 0 Å². The van der Waals surface area contributed by atoms with E-state index in [0.717, 1.165) is 12.2 Å². The maximum absolute atomic E-state index is 4.19. The van der Waals surface area contributed by atoms with Gasteiger partial charge in [-0.2, -0.15) is 0 Å². The molecular formula is C9H16N2. The lowest BCUT2D eigenvalue weighted by atomic mass is 9.86. The van der Waals surface area contributed by atoms with E-state index in [1.165, 1.54) is 6.42 Å². The normalized spacial score (nSPS) is 11.9. The Balaban J connectivity index is 2.56. The Morgan fingerprint density at radius 2 is 2.27 bits per heavy atom. The summed E-state index contributed by atoms with van der Waals surface area (Å²) in [5.41, 5.74) is 0.373. The van der Waals surface area contributed by atoms with Crippen molar-refractivity contribution in [3.63, 3.8) is 0 Å². The van der Waals surface area contributed by atoms with Crippen molar-refractivity contribution in [2.45, 2.75) is 33.6 Å². The molecule has 0 saturated heterocycles. The molecule has 1 aromatic rings. The fourth-order valence-corrected chi connectivity index (χ4v) is 0.973. The van der Waals surface area contributed by atoms with Gasteiger partial charge in [0.25, 0.3) is 0 Å². The molecule has 1 heterocycles. The number of hydrogen-bond acceptors (Lipinski definition) is 1. The molecule has 0 unspecified atom stereocenters. The third-order valence-electron chi connectivity index (χ3n) is 2.16. The minimum Gasteiger partial charge on any atom is -0.349 e. The molecule has 0 aliphatic rings. The average molecular weight is 152 g/mol. The van der Waals surface area contributed by atoms with Crippen LogP contribution in [0.3, 0.4) is 0 Å². The number of nitrogens with zero attached hydrogens (tertiary/aromatic N) is 1. The minimum absolute atomic E-state index is 0.373. The van der Waals surface area contributed by atoms with E-state index < -0.39 is 0 Å². The van der Waals surface area contributed by atoms with Crippen LogP contribution in [-0.4, -0.2) is 9.97 Å². The SMILES string of the molecule is CCC(C)(C)Cc1ncc[nH]1. The lowest BCUT2D eigenvalue weighted by Crippen LogP contribution is -2.14. The molecule has 0 spiro atoms. The maximum atomic E-state index is 4.19. The summed E-state index contributed by atoms with van der Waals surface area (Å²) < 4.78 is 0. The second-order valence-electron chi connectivity index (χ2n) is 3.73. The Morgan fingerprint density at radius 3 is 2.73 bits per heavy atom. The van der Waals surface area contributed by atoms with Crippen LogP contribution in [0.1, 0.15) is 33.0 Å². The molecule has 0 bridgehead atoms. The van der Waals surface area contributed by atoms with Crippen molar-refractivity contribution in [1.82, 2.24) is 9.97 Å². The standard InChI is InChI=1S/C9H16N2/c1-4-9(2,3)7-8-10-5-6-11-8/h5-6H,4,7H2,1-3H3,(H,10,11). The summed E-state index contributed by atoms with van der Waals surface area (Å²) in [5.74, 6) is 1.09. The maximum Gasteiger partial charge on any atom is 0.106 e. The highest BCUT2D eigenvalue weighted by atomic mass is 14.9. The zero-order chi connectivity index (χ0) is 8.32. The van der Waals surface area contributed by atoms with Crippen molar-refractivity contribution in [2.75, 3.05) is 0 Å². The highest BCUT2D eigenvalue weighted by Crippen LogP contribution is 2.23. The molecular weight excluding hydrogens is 136 g/mol. The summed E-state index contributed by atoms with van der Waals surface area (Å²) in [7, 11) is 0. The molecule has 0 aliphatic heterocycles. The average Bonchev–Trinajstić information content (AvgIpc) is 2.39. The van der Waals surface area contributed by atoms with Crippen molar-refractivity contribution in [3.05, 3.63) is 18.2 Å². The first-order valence-electron chi connectivity index (χ1n) is 4.12. The second kappa shape index (κ2) is 3.07. The molecule has 0 aromatic carbocycles. The van der Waals surface area contributed by atoms with E-state index in [2.05, 4.69) is 30.7 Å². The zero-order valence-electron chi connectivity index (χ0n) is 7.52. The van der Waals surface area contributed by atoms with E-state index in [-0.39, 0.29) is 0 Å². The molecule has 11 heavy (non-hydrogen) atoms. The number of aromatic amines is 1. The lowest BCUT2D eigenvalue weighted by Gasteiger charge is -2.20. The topological polar surface area (TPSA) is 28.7 Å². The Morgan fingerprint density at radius 1 is 1.55 bits per heavy atom. The second-order valence-corrected chi connectivity index (χ2v) is 3.73. The first-order valence-corrected chi connectivity index (χ1v) is 4.12. The lowest BCUT2D eigenvalue weighted by molar-refractivity contribution is 0.342. The molecule has 1 aromatic heterocycles. The van der Waals surface area contributed by atoms with E-state index in [9.17, 15) is 0 Å². The highest BCUT2D eigenvalue weighted by molar-refractivity contribution is 4.91. The van der Waals surface area contributed by atoms with Crippen LogP contribution in [-0.2, 0) is 6.42 Å². The van der Waals surface area contributed by atoms with Gasteiger partial charge in [0.05, 0.1) is 0 Å². The Labute approximate surface area is 68.0 Å². The van der Waals surface area contributed by atoms with Gasteiger partial charge in [-0.3, -0.25) is 0 Å². The molecule has 0 aliphatic carbocycles. The Kier molecular flexibility index (Phi) is 2.32. The monoisotopic (exact) mass is 152 g/mol. The number of rotatable bonds is 3.